The van der Waals surface area contributed by atoms with Gasteiger partial charge in [-0.2, -0.15) is 0 Å². The lowest BCUT2D eigenvalue weighted by molar-refractivity contribution is 0.0456. The van der Waals surface area contributed by atoms with Crippen LogP contribution in [-0.4, -0.2) is 53.8 Å². The van der Waals surface area contributed by atoms with E-state index in [1.165, 1.54) is 0 Å². The average molecular weight is 1230 g/mol. The second-order valence-electron chi connectivity index (χ2n) is 23.1. The highest BCUT2D eigenvalue weighted by Crippen LogP contribution is 2.43. The molecule has 0 atom stereocenters. The van der Waals surface area contributed by atoms with Crippen molar-refractivity contribution in [3.63, 3.8) is 0 Å². The number of nitrogens with one attached hydrogen (secondary N) is 4. The summed E-state index contributed by atoms with van der Waals surface area (Å²) in [5, 5.41) is 1.67. The van der Waals surface area contributed by atoms with Crippen molar-refractivity contribution in [2.75, 3.05) is 0 Å². The van der Waals surface area contributed by atoms with Crippen molar-refractivity contribution in [1.82, 2.24) is 29.9 Å². The number of pyridine rings is 2. The smallest absolute Gasteiger partial charge is 0.355 e. The summed E-state index contributed by atoms with van der Waals surface area (Å²) in [6.07, 6.45) is 4.47. The molecule has 0 aliphatic carbocycles. The molecular weight excluding hydrogens is 1150 g/mol. The summed E-state index contributed by atoms with van der Waals surface area (Å²) >= 11 is 0. The van der Waals surface area contributed by atoms with Crippen molar-refractivity contribution in [3.05, 3.63) is 281 Å². The first-order valence-corrected chi connectivity index (χ1v) is 32.4. The zero-order valence-electron chi connectivity index (χ0n) is 53.8. The molecule has 0 saturated heterocycles. The van der Waals surface area contributed by atoms with E-state index >= 15 is 0 Å². The molecule has 6 aromatic heterocycles. The fraction of sp³-hybridized carbons (Fsp3) is 0.282. The van der Waals surface area contributed by atoms with Crippen LogP contribution < -0.4 is 0 Å². The Kier molecular flexibility index (Phi) is 19.9. The van der Waals surface area contributed by atoms with Gasteiger partial charge in [-0.15, -0.1) is 0 Å². The molecule has 0 aliphatic heterocycles. The molecule has 0 bridgehead atoms. The van der Waals surface area contributed by atoms with Crippen LogP contribution in [0.5, 0.6) is 0 Å². The van der Waals surface area contributed by atoms with Crippen LogP contribution in [0.15, 0.2) is 158 Å². The van der Waals surface area contributed by atoms with E-state index in [1.807, 2.05) is 161 Å². The third-order valence-corrected chi connectivity index (χ3v) is 17.8. The molecule has 0 spiro atoms. The summed E-state index contributed by atoms with van der Waals surface area (Å²) in [6, 6.07) is 50.8. The van der Waals surface area contributed by atoms with Crippen molar-refractivity contribution in [1.29, 1.82) is 0 Å². The summed E-state index contributed by atoms with van der Waals surface area (Å²) in [5.41, 5.74) is 17.7. The van der Waals surface area contributed by atoms with Crippen molar-refractivity contribution in [2.45, 2.75) is 145 Å². The maximum absolute atomic E-state index is 14.5. The predicted octanol–water partition coefficient (Wildman–Crippen LogP) is 16.4. The molecule has 0 unspecified atom stereocenters. The van der Waals surface area contributed by atoms with Gasteiger partial charge < -0.3 is 38.9 Å². The third kappa shape index (κ3) is 12.8. The number of hydrogen-bond acceptors (Lipinski definition) is 10. The van der Waals surface area contributed by atoms with Gasteiger partial charge in [0, 0.05) is 33.5 Å². The van der Waals surface area contributed by atoms with E-state index in [1.54, 1.807) is 0 Å². The van der Waals surface area contributed by atoms with Crippen LogP contribution in [0.3, 0.4) is 0 Å². The summed E-state index contributed by atoms with van der Waals surface area (Å²) in [7, 11) is 0. The average Bonchev–Trinajstić information content (AvgIpc) is 1.49. The van der Waals surface area contributed by atoms with E-state index in [2.05, 4.69) is 71.9 Å². The summed E-state index contributed by atoms with van der Waals surface area (Å²) in [4.78, 5) is 84.0. The van der Waals surface area contributed by atoms with Gasteiger partial charge in [0.05, 0.1) is 34.3 Å². The molecule has 11 rings (SSSR count). The van der Waals surface area contributed by atoms with Gasteiger partial charge in [-0.25, -0.2) is 29.1 Å². The maximum atomic E-state index is 14.5. The molecule has 470 valence electrons. The number of ether oxygens (including phenoxy) is 4. The minimum absolute atomic E-state index is 0.0970. The van der Waals surface area contributed by atoms with Crippen molar-refractivity contribution in [2.24, 2.45) is 0 Å². The number of fused-ring (bicyclic) bond motifs is 3. The minimum atomic E-state index is -0.672. The molecular formula is C78H80N6O8. The SMILES string of the molecule is CCc1c(C(=O)OCc2ccccc2)[nH]c(C(c2ccc3ccc4ccc(C(c5[nH]c(C(=O)OCc6ccccc6)c(CC)c5CC)c5[nH]c(C(=O)OCc6ccccc6)c(CC)c5CC)nc4c3n2)c2[nH]c(C(=O)OCc3ccccc3)c(CC)c2CC)c1CC. The molecule has 92 heavy (non-hydrogen) atoms. The van der Waals surface area contributed by atoms with Gasteiger partial charge in [0.25, 0.3) is 0 Å². The molecule has 5 aromatic carbocycles. The van der Waals surface area contributed by atoms with E-state index in [0.717, 1.165) is 100 Å². The number of benzene rings is 5. The largest absolute Gasteiger partial charge is 0.456 e. The van der Waals surface area contributed by atoms with Crippen LogP contribution in [0.1, 0.15) is 210 Å². The zero-order valence-corrected chi connectivity index (χ0v) is 53.8. The van der Waals surface area contributed by atoms with Crippen molar-refractivity contribution >= 4 is 45.7 Å². The highest BCUT2D eigenvalue weighted by Gasteiger charge is 2.36. The molecule has 14 heteroatoms. The van der Waals surface area contributed by atoms with Gasteiger partial charge in [-0.3, -0.25) is 0 Å². The lowest BCUT2D eigenvalue weighted by Gasteiger charge is -2.21. The molecule has 0 saturated carbocycles. The first-order chi connectivity index (χ1) is 44.9. The fourth-order valence-electron chi connectivity index (χ4n) is 13.4. The van der Waals surface area contributed by atoms with E-state index in [9.17, 15) is 19.2 Å². The number of aromatic amines is 4. The molecule has 0 fully saturated rings. The Hall–Kier alpha value is -10.1. The van der Waals surface area contributed by atoms with Gasteiger partial charge in [0.2, 0.25) is 0 Å². The number of aromatic nitrogens is 6. The third-order valence-electron chi connectivity index (χ3n) is 17.8. The molecule has 0 aliphatic rings. The lowest BCUT2D eigenvalue weighted by atomic mass is 9.87. The van der Waals surface area contributed by atoms with Crippen LogP contribution in [0.4, 0.5) is 0 Å². The topological polar surface area (TPSA) is 194 Å². The maximum Gasteiger partial charge on any atom is 0.355 e. The van der Waals surface area contributed by atoms with Crippen molar-refractivity contribution in [3.8, 4) is 0 Å². The van der Waals surface area contributed by atoms with Crippen LogP contribution in [-0.2, 0) is 96.7 Å². The Balaban J connectivity index is 1.11. The van der Waals surface area contributed by atoms with E-state index in [0.29, 0.717) is 96.6 Å². The van der Waals surface area contributed by atoms with Crippen LogP contribution in [0.2, 0.25) is 0 Å². The Labute approximate surface area is 537 Å². The van der Waals surface area contributed by atoms with Crippen LogP contribution >= 0.6 is 0 Å². The summed E-state index contributed by atoms with van der Waals surface area (Å²) in [6.45, 7) is 16.9. The monoisotopic (exact) mass is 1230 g/mol. The molecule has 0 amide bonds. The lowest BCUT2D eigenvalue weighted by Crippen LogP contribution is -2.13. The number of H-pyrrole nitrogens is 4. The standard InChI is InChI=1S/C78H80N6O8/c1-9-53-57(13-5)71(75(85)89-43-47-29-21-17-22-30-47)81-67(53)63(68-54(10-2)58(14-6)72(82-68)76(86)90-44-48-31-23-18-24-32-48)61-41-39-51-37-38-52-40-42-62(80-66(52)65(51)79-61)64(69-55(11-3)59(15-7)73(83-69)77(87)91-45-49-33-25-19-26-34-49)70-56(12-4)60(16-8)74(84-70)78(88)92-46-50-35-27-20-28-36-50/h17-42,63-64,81-84H,9-16,43-46H2,1-8H3. The number of carbonyl (C=O) groups excluding carboxylic acids is 4. The number of esters is 4. The first-order valence-electron chi connectivity index (χ1n) is 32.4. The van der Waals surface area contributed by atoms with E-state index in [-0.39, 0.29) is 26.4 Å². The quantitative estimate of drug-likeness (QED) is 0.0230. The van der Waals surface area contributed by atoms with Gasteiger partial charge in [-0.05, 0) is 130 Å². The van der Waals surface area contributed by atoms with E-state index in [4.69, 9.17) is 28.9 Å². The van der Waals surface area contributed by atoms with Crippen LogP contribution in [0, 0.1) is 0 Å². The number of rotatable bonds is 26. The second kappa shape index (κ2) is 28.8. The molecule has 0 radical (unpaired) electrons. The van der Waals surface area contributed by atoms with Gasteiger partial charge >= 0.3 is 23.9 Å². The zero-order chi connectivity index (χ0) is 64.4. The first kappa shape index (κ1) is 63.5. The number of nitrogens with zero attached hydrogens (tertiary/aromatic N) is 2. The van der Waals surface area contributed by atoms with Gasteiger partial charge in [0.1, 0.15) is 49.2 Å². The summed E-state index contributed by atoms with van der Waals surface area (Å²) in [5.74, 6) is -3.23. The normalized spacial score (nSPS) is 11.5. The molecule has 6 heterocycles. The molecule has 14 nitrogen and oxygen atoms in total. The van der Waals surface area contributed by atoms with Gasteiger partial charge in [-0.1, -0.05) is 201 Å². The second-order valence-corrected chi connectivity index (χ2v) is 23.1. The Morgan fingerprint density at radius 1 is 0.304 bits per heavy atom. The molecule has 4 N–H and O–H groups in total. The highest BCUT2D eigenvalue weighted by atomic mass is 16.5. The molecule has 11 aromatic rings. The number of hydrogen-bond donors (Lipinski definition) is 4. The Morgan fingerprint density at radius 3 is 0.739 bits per heavy atom. The van der Waals surface area contributed by atoms with Crippen molar-refractivity contribution < 1.29 is 38.1 Å². The fourth-order valence-corrected chi connectivity index (χ4v) is 13.4. The Bertz CT molecular complexity index is 3930. The Morgan fingerprint density at radius 2 is 0.522 bits per heavy atom. The minimum Gasteiger partial charge on any atom is -0.456 e. The number of carbonyl (C=O) groups is 4. The predicted molar refractivity (Wildman–Crippen MR) is 359 cm³/mol. The highest BCUT2D eigenvalue weighted by molar-refractivity contribution is 6.03. The van der Waals surface area contributed by atoms with Gasteiger partial charge in [0.15, 0.2) is 0 Å². The van der Waals surface area contributed by atoms with E-state index < -0.39 is 35.7 Å². The van der Waals surface area contributed by atoms with Crippen LogP contribution in [0.25, 0.3) is 21.8 Å². The summed E-state index contributed by atoms with van der Waals surface area (Å²) < 4.78 is 24.3.